The summed E-state index contributed by atoms with van der Waals surface area (Å²) in [5.74, 6) is -0.758. The fourth-order valence-corrected chi connectivity index (χ4v) is 3.45. The Labute approximate surface area is 118 Å². The predicted molar refractivity (Wildman–Crippen MR) is 66.9 cm³/mol. The third-order valence-electron chi connectivity index (χ3n) is 4.25. The monoisotopic (exact) mass is 302 g/mol. The van der Waals surface area contributed by atoms with Crippen molar-refractivity contribution in [3.05, 3.63) is 39.9 Å². The van der Waals surface area contributed by atoms with Crippen LogP contribution < -0.4 is 4.74 Å². The molecule has 1 fully saturated rings. The van der Waals surface area contributed by atoms with Crippen molar-refractivity contribution in [3.8, 4) is 5.75 Å². The molecule has 114 valence electrons. The summed E-state index contributed by atoms with van der Waals surface area (Å²) in [5.41, 5.74) is -1.72. The standard InChI is InChI=1S/C13H13F3N2O3/c1-17-6-9-8-4-2-3-5-10(8)21-11(13(14,15)16)12(9,7-17)18(19)20/h2-5,9,11H,6-7H2,1H3/t9-,11+,12+/m1/s1. The molecular weight excluding hydrogens is 289 g/mol. The maximum absolute atomic E-state index is 13.4. The van der Waals surface area contributed by atoms with Gasteiger partial charge in [0.1, 0.15) is 5.75 Å². The minimum atomic E-state index is -4.80. The Hall–Kier alpha value is -1.83. The summed E-state index contributed by atoms with van der Waals surface area (Å²) in [6, 6.07) is 6.24. The Balaban J connectivity index is 2.22. The number of rotatable bonds is 1. The molecule has 0 aliphatic carbocycles. The number of alkyl halides is 3. The van der Waals surface area contributed by atoms with Crippen LogP contribution in [0.2, 0.25) is 0 Å². The molecule has 5 nitrogen and oxygen atoms in total. The third-order valence-corrected chi connectivity index (χ3v) is 4.25. The van der Waals surface area contributed by atoms with Gasteiger partial charge >= 0.3 is 6.18 Å². The number of halogens is 3. The molecule has 2 heterocycles. The molecule has 1 saturated heterocycles. The van der Waals surface area contributed by atoms with Gasteiger partial charge < -0.3 is 4.74 Å². The topological polar surface area (TPSA) is 55.6 Å². The van der Waals surface area contributed by atoms with Crippen molar-refractivity contribution >= 4 is 0 Å². The van der Waals surface area contributed by atoms with Crippen LogP contribution in [0.1, 0.15) is 11.5 Å². The molecule has 3 rings (SSSR count). The van der Waals surface area contributed by atoms with Gasteiger partial charge in [0.15, 0.2) is 0 Å². The molecule has 0 aromatic heterocycles. The average Bonchev–Trinajstić information content (AvgIpc) is 2.75. The van der Waals surface area contributed by atoms with Gasteiger partial charge in [0.2, 0.25) is 0 Å². The van der Waals surface area contributed by atoms with Crippen LogP contribution in [0.25, 0.3) is 0 Å². The first-order chi connectivity index (χ1) is 9.76. The molecule has 3 atom stereocenters. The number of hydrogen-bond donors (Lipinski definition) is 0. The second-order valence-corrected chi connectivity index (χ2v) is 5.58. The summed E-state index contributed by atoms with van der Waals surface area (Å²) in [6.45, 7) is -0.0862. The largest absolute Gasteiger partial charge is 0.473 e. The molecule has 0 unspecified atom stereocenters. The Kier molecular flexibility index (Phi) is 2.91. The third kappa shape index (κ3) is 1.89. The van der Waals surface area contributed by atoms with E-state index in [0.717, 1.165) is 0 Å². The number of nitro groups is 1. The highest BCUT2D eigenvalue weighted by molar-refractivity contribution is 5.43. The molecule has 0 radical (unpaired) electrons. The fraction of sp³-hybridized carbons (Fsp3) is 0.538. The molecule has 0 N–H and O–H groups in total. The zero-order valence-electron chi connectivity index (χ0n) is 11.1. The smallest absolute Gasteiger partial charge is 0.432 e. The van der Waals surface area contributed by atoms with Crippen molar-refractivity contribution in [2.24, 2.45) is 0 Å². The number of nitrogens with zero attached hydrogens (tertiary/aromatic N) is 2. The van der Waals surface area contributed by atoms with E-state index < -0.39 is 28.7 Å². The van der Waals surface area contributed by atoms with Crippen molar-refractivity contribution < 1.29 is 22.8 Å². The minimum Gasteiger partial charge on any atom is -0.473 e. The summed E-state index contributed by atoms with van der Waals surface area (Å²) < 4.78 is 45.1. The Morgan fingerprint density at radius 1 is 1.43 bits per heavy atom. The number of hydrogen-bond acceptors (Lipinski definition) is 4. The lowest BCUT2D eigenvalue weighted by Crippen LogP contribution is -2.64. The van der Waals surface area contributed by atoms with E-state index in [0.29, 0.717) is 5.56 Å². The van der Waals surface area contributed by atoms with Crippen molar-refractivity contribution in [1.82, 2.24) is 4.90 Å². The Morgan fingerprint density at radius 2 is 2.10 bits per heavy atom. The van der Waals surface area contributed by atoms with Gasteiger partial charge in [-0.3, -0.25) is 15.0 Å². The number of likely N-dealkylation sites (N-methyl/N-ethyl adjacent to an activating group) is 1. The number of likely N-dealkylation sites (tertiary alicyclic amines) is 1. The number of ether oxygens (including phenoxy) is 1. The maximum Gasteiger partial charge on any atom is 0.432 e. The van der Waals surface area contributed by atoms with Crippen LogP contribution in [0.4, 0.5) is 13.2 Å². The number of para-hydroxylation sites is 1. The lowest BCUT2D eigenvalue weighted by Gasteiger charge is -2.39. The van der Waals surface area contributed by atoms with E-state index in [1.54, 1.807) is 30.1 Å². The van der Waals surface area contributed by atoms with Crippen LogP contribution in [0.3, 0.4) is 0 Å². The van der Waals surface area contributed by atoms with E-state index in [1.165, 1.54) is 6.07 Å². The van der Waals surface area contributed by atoms with Crippen LogP contribution in [0.15, 0.2) is 24.3 Å². The first-order valence-electron chi connectivity index (χ1n) is 6.42. The normalized spacial score (nSPS) is 32.2. The van der Waals surface area contributed by atoms with Gasteiger partial charge in [0.25, 0.3) is 11.6 Å². The minimum absolute atomic E-state index is 0.0811. The average molecular weight is 302 g/mol. The molecule has 2 aliphatic heterocycles. The number of benzene rings is 1. The summed E-state index contributed by atoms with van der Waals surface area (Å²) in [7, 11) is 1.58. The number of fused-ring (bicyclic) bond motifs is 3. The van der Waals surface area contributed by atoms with Crippen LogP contribution in [0, 0.1) is 10.1 Å². The SMILES string of the molecule is CN1C[C@@H]2c3ccccc3O[C@H](C(F)(F)F)[C@]2([N+](=O)[O-])C1. The second kappa shape index (κ2) is 4.33. The van der Waals surface area contributed by atoms with E-state index >= 15 is 0 Å². The summed E-state index contributed by atoms with van der Waals surface area (Å²) in [4.78, 5) is 12.3. The van der Waals surface area contributed by atoms with Crippen LogP contribution in [-0.2, 0) is 0 Å². The van der Waals surface area contributed by atoms with Crippen molar-refractivity contribution in [1.29, 1.82) is 0 Å². The molecular formula is C13H13F3N2O3. The highest BCUT2D eigenvalue weighted by Gasteiger charge is 2.73. The maximum atomic E-state index is 13.4. The molecule has 8 heteroatoms. The van der Waals surface area contributed by atoms with Gasteiger partial charge in [-0.05, 0) is 13.1 Å². The van der Waals surface area contributed by atoms with Crippen LogP contribution in [-0.4, -0.2) is 47.8 Å². The Bertz CT molecular complexity index is 592. The van der Waals surface area contributed by atoms with E-state index in [1.807, 2.05) is 0 Å². The van der Waals surface area contributed by atoms with Gasteiger partial charge in [0.05, 0.1) is 12.5 Å². The quantitative estimate of drug-likeness (QED) is 0.588. The molecule has 0 amide bonds. The van der Waals surface area contributed by atoms with E-state index in [2.05, 4.69) is 0 Å². The zero-order valence-corrected chi connectivity index (χ0v) is 11.1. The summed E-state index contributed by atoms with van der Waals surface area (Å²) in [6.07, 6.45) is -7.24. The molecule has 0 spiro atoms. The lowest BCUT2D eigenvalue weighted by atomic mass is 9.75. The highest BCUT2D eigenvalue weighted by atomic mass is 19.4. The summed E-state index contributed by atoms with van der Waals surface area (Å²) >= 11 is 0. The molecule has 1 aromatic carbocycles. The van der Waals surface area contributed by atoms with Crippen molar-refractivity contribution in [3.63, 3.8) is 0 Å². The zero-order chi connectivity index (χ0) is 15.4. The summed E-state index contributed by atoms with van der Waals surface area (Å²) in [5, 5.41) is 11.6. The predicted octanol–water partition coefficient (Wildman–Crippen LogP) is 2.05. The van der Waals surface area contributed by atoms with Crippen LogP contribution >= 0.6 is 0 Å². The van der Waals surface area contributed by atoms with Gasteiger partial charge in [-0.2, -0.15) is 13.2 Å². The van der Waals surface area contributed by atoms with Gasteiger partial charge in [-0.1, -0.05) is 18.2 Å². The van der Waals surface area contributed by atoms with E-state index in [-0.39, 0.29) is 18.8 Å². The fourth-order valence-electron chi connectivity index (χ4n) is 3.45. The molecule has 0 saturated carbocycles. The van der Waals surface area contributed by atoms with Crippen molar-refractivity contribution in [2.75, 3.05) is 20.1 Å². The van der Waals surface area contributed by atoms with Crippen LogP contribution in [0.5, 0.6) is 5.75 Å². The second-order valence-electron chi connectivity index (χ2n) is 5.58. The van der Waals surface area contributed by atoms with Gasteiger partial charge in [-0.15, -0.1) is 0 Å². The molecule has 1 aromatic rings. The van der Waals surface area contributed by atoms with E-state index in [4.69, 9.17) is 4.74 Å². The first-order valence-corrected chi connectivity index (χ1v) is 6.42. The van der Waals surface area contributed by atoms with Gasteiger partial charge in [-0.25, -0.2) is 0 Å². The Morgan fingerprint density at radius 3 is 2.71 bits per heavy atom. The van der Waals surface area contributed by atoms with Crippen molar-refractivity contribution in [2.45, 2.75) is 23.7 Å². The highest BCUT2D eigenvalue weighted by Crippen LogP contribution is 2.51. The first kappa shape index (κ1) is 14.1. The molecule has 21 heavy (non-hydrogen) atoms. The lowest BCUT2D eigenvalue weighted by molar-refractivity contribution is -0.591. The van der Waals surface area contributed by atoms with Gasteiger partial charge in [0, 0.05) is 17.0 Å². The molecule has 0 bridgehead atoms. The molecule has 2 aliphatic rings. The van der Waals surface area contributed by atoms with E-state index in [9.17, 15) is 23.3 Å².